The first-order chi connectivity index (χ1) is 16.3. The summed E-state index contributed by atoms with van der Waals surface area (Å²) in [5.41, 5.74) is 2.20. The minimum Gasteiger partial charge on any atom is -0.454 e. The zero-order valence-corrected chi connectivity index (χ0v) is 19.2. The van der Waals surface area contributed by atoms with E-state index in [-0.39, 0.29) is 30.3 Å². The Balaban J connectivity index is 1.50. The van der Waals surface area contributed by atoms with Crippen LogP contribution in [0.3, 0.4) is 0 Å². The van der Waals surface area contributed by atoms with Gasteiger partial charge in [0.05, 0.1) is 15.8 Å². The van der Waals surface area contributed by atoms with Crippen molar-refractivity contribution in [3.05, 3.63) is 77.9 Å². The molecule has 174 valence electrons. The van der Waals surface area contributed by atoms with Gasteiger partial charge in [-0.15, -0.1) is 0 Å². The molecule has 8 nitrogen and oxygen atoms in total. The molecular weight excluding hydrogens is 456 g/mol. The molecule has 0 radical (unpaired) electrons. The molecule has 34 heavy (non-hydrogen) atoms. The van der Waals surface area contributed by atoms with E-state index in [1.165, 1.54) is 11.0 Å². The lowest BCUT2D eigenvalue weighted by Crippen LogP contribution is -2.38. The van der Waals surface area contributed by atoms with Gasteiger partial charge in [0.2, 0.25) is 18.6 Å². The van der Waals surface area contributed by atoms with Crippen LogP contribution in [0.4, 0.5) is 11.4 Å². The standard InChI is InChI=1S/C25H22N2O6S/c1-16-5-4-6-18(11-16)26-24(28)14-27-19-7-2-3-8-22(19)34(30,31)23(13-25(27)29)17-9-10-20-21(12-17)33-15-32-20/h2-12,23H,13-15H2,1H3,(H,26,28). The Kier molecular flexibility index (Phi) is 5.49. The average molecular weight is 479 g/mol. The van der Waals surface area contributed by atoms with Gasteiger partial charge in [-0.2, -0.15) is 0 Å². The molecule has 0 aliphatic carbocycles. The molecule has 1 atom stereocenters. The quantitative estimate of drug-likeness (QED) is 0.615. The third kappa shape index (κ3) is 3.99. The lowest BCUT2D eigenvalue weighted by Gasteiger charge is -2.22. The third-order valence-corrected chi connectivity index (χ3v) is 8.02. The van der Waals surface area contributed by atoms with E-state index < -0.39 is 26.9 Å². The molecule has 0 bridgehead atoms. The molecule has 2 aliphatic rings. The summed E-state index contributed by atoms with van der Waals surface area (Å²) in [7, 11) is -3.95. The van der Waals surface area contributed by atoms with Crippen LogP contribution in [0.5, 0.6) is 11.5 Å². The van der Waals surface area contributed by atoms with E-state index >= 15 is 0 Å². The van der Waals surface area contributed by atoms with Crippen LogP contribution in [0.15, 0.2) is 71.6 Å². The van der Waals surface area contributed by atoms with Gasteiger partial charge in [-0.1, -0.05) is 30.3 Å². The molecule has 1 unspecified atom stereocenters. The molecule has 3 aromatic carbocycles. The number of nitrogens with zero attached hydrogens (tertiary/aromatic N) is 1. The Hall–Kier alpha value is -3.85. The van der Waals surface area contributed by atoms with E-state index in [0.717, 1.165) is 5.56 Å². The summed E-state index contributed by atoms with van der Waals surface area (Å²) in [5.74, 6) is 0.0753. The second-order valence-corrected chi connectivity index (χ2v) is 10.3. The predicted molar refractivity (Wildman–Crippen MR) is 126 cm³/mol. The third-order valence-electron chi connectivity index (χ3n) is 5.87. The molecule has 9 heteroatoms. The molecule has 2 aliphatic heterocycles. The molecule has 0 saturated heterocycles. The molecule has 2 amide bonds. The second kappa shape index (κ2) is 8.49. The van der Waals surface area contributed by atoms with Crippen LogP contribution >= 0.6 is 0 Å². The van der Waals surface area contributed by atoms with E-state index in [1.807, 2.05) is 25.1 Å². The number of nitrogens with one attached hydrogen (secondary N) is 1. The molecule has 2 heterocycles. The van der Waals surface area contributed by atoms with Crippen molar-refractivity contribution < 1.29 is 27.5 Å². The van der Waals surface area contributed by atoms with E-state index in [1.54, 1.807) is 42.5 Å². The molecule has 0 spiro atoms. The van der Waals surface area contributed by atoms with Crippen molar-refractivity contribution in [2.75, 3.05) is 23.6 Å². The SMILES string of the molecule is Cc1cccc(NC(=O)CN2C(=O)CC(c3ccc4c(c3)OCO4)S(=O)(=O)c3ccccc32)c1. The number of hydrogen-bond donors (Lipinski definition) is 1. The largest absolute Gasteiger partial charge is 0.454 e. The lowest BCUT2D eigenvalue weighted by atomic mass is 10.1. The molecular formula is C25H22N2O6S. The van der Waals surface area contributed by atoms with Gasteiger partial charge in [0.15, 0.2) is 21.3 Å². The Bertz CT molecular complexity index is 1400. The fourth-order valence-corrected chi connectivity index (χ4v) is 6.15. The number of para-hydroxylation sites is 1. The highest BCUT2D eigenvalue weighted by Gasteiger charge is 2.40. The minimum atomic E-state index is -3.95. The smallest absolute Gasteiger partial charge is 0.244 e. The van der Waals surface area contributed by atoms with E-state index in [0.29, 0.717) is 22.7 Å². The van der Waals surface area contributed by atoms with Gasteiger partial charge in [-0.05, 0) is 54.4 Å². The van der Waals surface area contributed by atoms with Crippen LogP contribution in [0.1, 0.15) is 22.8 Å². The number of sulfone groups is 1. The van der Waals surface area contributed by atoms with E-state index in [9.17, 15) is 18.0 Å². The fraction of sp³-hybridized carbons (Fsp3) is 0.200. The zero-order chi connectivity index (χ0) is 23.9. The van der Waals surface area contributed by atoms with Crippen LogP contribution < -0.4 is 19.7 Å². The van der Waals surface area contributed by atoms with Crippen molar-refractivity contribution in [2.24, 2.45) is 0 Å². The van der Waals surface area contributed by atoms with Gasteiger partial charge < -0.3 is 19.7 Å². The Morgan fingerprint density at radius 2 is 1.82 bits per heavy atom. The monoisotopic (exact) mass is 478 g/mol. The number of carbonyl (C=O) groups is 2. The highest BCUT2D eigenvalue weighted by Crippen LogP contribution is 2.43. The number of amides is 2. The number of hydrogen-bond acceptors (Lipinski definition) is 6. The summed E-state index contributed by atoms with van der Waals surface area (Å²) in [6.45, 7) is 1.65. The molecule has 0 aromatic heterocycles. The summed E-state index contributed by atoms with van der Waals surface area (Å²) < 4.78 is 38.1. The van der Waals surface area contributed by atoms with Crippen molar-refractivity contribution in [1.82, 2.24) is 0 Å². The Morgan fingerprint density at radius 1 is 1.03 bits per heavy atom. The highest BCUT2D eigenvalue weighted by molar-refractivity contribution is 7.92. The van der Waals surface area contributed by atoms with Gasteiger partial charge in [0.1, 0.15) is 6.54 Å². The van der Waals surface area contributed by atoms with Crippen molar-refractivity contribution in [3.63, 3.8) is 0 Å². The number of rotatable bonds is 4. The van der Waals surface area contributed by atoms with Crippen LogP contribution in [-0.4, -0.2) is 33.6 Å². The Morgan fingerprint density at radius 3 is 2.65 bits per heavy atom. The summed E-state index contributed by atoms with van der Waals surface area (Å²) >= 11 is 0. The lowest BCUT2D eigenvalue weighted by molar-refractivity contribution is -0.121. The van der Waals surface area contributed by atoms with Gasteiger partial charge in [-0.25, -0.2) is 8.42 Å². The van der Waals surface area contributed by atoms with Gasteiger partial charge in [0, 0.05) is 12.1 Å². The van der Waals surface area contributed by atoms with Crippen molar-refractivity contribution >= 4 is 33.0 Å². The van der Waals surface area contributed by atoms with Crippen LogP contribution in [0.2, 0.25) is 0 Å². The molecule has 1 N–H and O–H groups in total. The summed E-state index contributed by atoms with van der Waals surface area (Å²) in [6, 6.07) is 18.4. The van der Waals surface area contributed by atoms with Gasteiger partial charge in [-0.3, -0.25) is 9.59 Å². The fourth-order valence-electron chi connectivity index (χ4n) is 4.24. The van der Waals surface area contributed by atoms with Crippen LogP contribution in [0.25, 0.3) is 0 Å². The van der Waals surface area contributed by atoms with E-state index in [2.05, 4.69) is 5.32 Å². The first kappa shape index (κ1) is 22.0. The molecule has 5 rings (SSSR count). The maximum absolute atomic E-state index is 13.7. The number of carbonyl (C=O) groups excluding carboxylic acids is 2. The maximum Gasteiger partial charge on any atom is 0.244 e. The van der Waals surface area contributed by atoms with Crippen molar-refractivity contribution in [2.45, 2.75) is 23.5 Å². The number of aryl methyl sites for hydroxylation is 1. The molecule has 0 saturated carbocycles. The average Bonchev–Trinajstić information content (AvgIpc) is 3.26. The second-order valence-electron chi connectivity index (χ2n) is 8.22. The van der Waals surface area contributed by atoms with Crippen molar-refractivity contribution in [1.29, 1.82) is 0 Å². The van der Waals surface area contributed by atoms with Gasteiger partial charge >= 0.3 is 0 Å². The zero-order valence-electron chi connectivity index (χ0n) is 18.4. The topological polar surface area (TPSA) is 102 Å². The van der Waals surface area contributed by atoms with Crippen LogP contribution in [0, 0.1) is 6.92 Å². The van der Waals surface area contributed by atoms with Crippen molar-refractivity contribution in [3.8, 4) is 11.5 Å². The summed E-state index contributed by atoms with van der Waals surface area (Å²) in [4.78, 5) is 27.4. The van der Waals surface area contributed by atoms with Gasteiger partial charge in [0.25, 0.3) is 0 Å². The minimum absolute atomic E-state index is 0.00636. The summed E-state index contributed by atoms with van der Waals surface area (Å²) in [5, 5.41) is 1.66. The Labute approximate surface area is 197 Å². The number of benzene rings is 3. The number of fused-ring (bicyclic) bond motifs is 2. The molecule has 0 fully saturated rings. The van der Waals surface area contributed by atoms with Crippen LogP contribution in [-0.2, 0) is 19.4 Å². The maximum atomic E-state index is 13.7. The predicted octanol–water partition coefficient (Wildman–Crippen LogP) is 3.61. The van der Waals surface area contributed by atoms with E-state index in [4.69, 9.17) is 9.47 Å². The highest BCUT2D eigenvalue weighted by atomic mass is 32.2. The first-order valence-corrected chi connectivity index (χ1v) is 12.3. The normalized spacial score (nSPS) is 18.2. The first-order valence-electron chi connectivity index (χ1n) is 10.7. The molecule has 3 aromatic rings. The number of ether oxygens (including phenoxy) is 2. The number of anilines is 2. The summed E-state index contributed by atoms with van der Waals surface area (Å²) in [6.07, 6.45) is -0.311.